The van der Waals surface area contributed by atoms with Gasteiger partial charge in [-0.1, -0.05) is 12.8 Å². The average molecular weight is 239 g/mol. The van der Waals surface area contributed by atoms with Gasteiger partial charge < -0.3 is 10.0 Å². The molecule has 0 spiro atoms. The predicted octanol–water partition coefficient (Wildman–Crippen LogP) is 2.30. The van der Waals surface area contributed by atoms with E-state index in [2.05, 4.69) is 4.90 Å². The van der Waals surface area contributed by atoms with E-state index >= 15 is 0 Å². The Bertz CT molecular complexity index is 364. The van der Waals surface area contributed by atoms with Gasteiger partial charge in [-0.2, -0.15) is 0 Å². The van der Waals surface area contributed by atoms with Gasteiger partial charge >= 0.3 is 0 Å². The Kier molecular flexibility index (Phi) is 3.61. The maximum atomic E-state index is 10.6. The third-order valence-corrected chi connectivity index (χ3v) is 4.17. The summed E-state index contributed by atoms with van der Waals surface area (Å²) < 4.78 is 0. The molecule has 0 radical (unpaired) electrons. The molecule has 1 fully saturated rings. The highest BCUT2D eigenvalue weighted by molar-refractivity contribution is 7.12. The van der Waals surface area contributed by atoms with Crippen molar-refractivity contribution in [3.8, 4) is 0 Å². The normalized spacial score (nSPS) is 25.4. The molecule has 2 atom stereocenters. The summed E-state index contributed by atoms with van der Waals surface area (Å²) in [7, 11) is 2.00. The zero-order valence-corrected chi connectivity index (χ0v) is 10.2. The van der Waals surface area contributed by atoms with Crippen LogP contribution in [0.25, 0.3) is 0 Å². The van der Waals surface area contributed by atoms with E-state index in [9.17, 15) is 9.90 Å². The molecular formula is C12H17NO2S. The fourth-order valence-electron chi connectivity index (χ4n) is 2.32. The summed E-state index contributed by atoms with van der Waals surface area (Å²) in [5, 5.41) is 11.9. The topological polar surface area (TPSA) is 40.5 Å². The highest BCUT2D eigenvalue weighted by Gasteiger charge is 2.27. The lowest BCUT2D eigenvalue weighted by Gasteiger charge is -2.36. The van der Waals surface area contributed by atoms with Crippen LogP contribution in [0.4, 0.5) is 5.69 Å². The van der Waals surface area contributed by atoms with Crippen molar-refractivity contribution in [1.82, 2.24) is 0 Å². The number of aliphatic hydroxyl groups excluding tert-OH is 1. The number of hydrogen-bond donors (Lipinski definition) is 1. The molecule has 1 aliphatic rings. The van der Waals surface area contributed by atoms with Gasteiger partial charge in [0.1, 0.15) is 0 Å². The van der Waals surface area contributed by atoms with Crippen molar-refractivity contribution in [2.75, 3.05) is 11.9 Å². The molecule has 1 aromatic rings. The Balaban J connectivity index is 2.10. The van der Waals surface area contributed by atoms with Crippen LogP contribution >= 0.6 is 11.3 Å². The summed E-state index contributed by atoms with van der Waals surface area (Å²) in [6.45, 7) is 0. The zero-order valence-electron chi connectivity index (χ0n) is 9.43. The molecular weight excluding hydrogens is 222 g/mol. The van der Waals surface area contributed by atoms with Crippen LogP contribution < -0.4 is 4.90 Å². The minimum atomic E-state index is -0.238. The number of aldehydes is 1. The van der Waals surface area contributed by atoms with Gasteiger partial charge in [-0.25, -0.2) is 0 Å². The van der Waals surface area contributed by atoms with Gasteiger partial charge in [0.15, 0.2) is 6.29 Å². The number of carbonyl (C=O) groups excluding carboxylic acids is 1. The summed E-state index contributed by atoms with van der Waals surface area (Å²) in [6, 6.07) is 2.08. The van der Waals surface area contributed by atoms with Crippen molar-refractivity contribution in [3.05, 3.63) is 16.3 Å². The monoisotopic (exact) mass is 239 g/mol. The minimum absolute atomic E-state index is 0.197. The fraction of sp³-hybridized carbons (Fsp3) is 0.583. The highest BCUT2D eigenvalue weighted by atomic mass is 32.1. The SMILES string of the molecule is CN(c1csc(C=O)c1)C1CCCCC1O. The molecule has 0 aliphatic heterocycles. The first-order chi connectivity index (χ1) is 7.72. The first-order valence-corrected chi connectivity index (χ1v) is 6.55. The van der Waals surface area contributed by atoms with Gasteiger partial charge in [0.05, 0.1) is 17.0 Å². The molecule has 0 aromatic carbocycles. The highest BCUT2D eigenvalue weighted by Crippen LogP contribution is 2.29. The molecule has 1 N–H and O–H groups in total. The standard InChI is InChI=1S/C12H17NO2S/c1-13(9-6-10(7-14)16-8-9)11-4-2-3-5-12(11)15/h6-8,11-12,15H,2-5H2,1H3. The van der Waals surface area contributed by atoms with Crippen LogP contribution in [-0.4, -0.2) is 30.6 Å². The third-order valence-electron chi connectivity index (χ3n) is 3.32. The second-order valence-corrected chi connectivity index (χ2v) is 5.30. The van der Waals surface area contributed by atoms with Gasteiger partial charge in [0.25, 0.3) is 0 Å². The summed E-state index contributed by atoms with van der Waals surface area (Å²) in [6.07, 6.45) is 4.85. The minimum Gasteiger partial charge on any atom is -0.391 e. The molecule has 1 saturated carbocycles. The van der Waals surface area contributed by atoms with Crippen LogP contribution in [-0.2, 0) is 0 Å². The molecule has 4 heteroatoms. The Morgan fingerprint density at radius 1 is 1.50 bits per heavy atom. The third kappa shape index (κ3) is 2.28. The van der Waals surface area contributed by atoms with Crippen LogP contribution in [0, 0.1) is 0 Å². The van der Waals surface area contributed by atoms with Gasteiger partial charge in [0, 0.05) is 18.1 Å². The lowest BCUT2D eigenvalue weighted by atomic mass is 9.91. The zero-order chi connectivity index (χ0) is 11.5. The average Bonchev–Trinajstić information content (AvgIpc) is 2.77. The number of thiophene rings is 1. The molecule has 1 heterocycles. The first-order valence-electron chi connectivity index (χ1n) is 5.67. The molecule has 2 rings (SSSR count). The Labute approximate surface area is 99.7 Å². The van der Waals surface area contributed by atoms with Gasteiger partial charge in [-0.3, -0.25) is 4.79 Å². The quantitative estimate of drug-likeness (QED) is 0.823. The molecule has 0 amide bonds. The van der Waals surface area contributed by atoms with Crippen LogP contribution in [0.5, 0.6) is 0 Å². The van der Waals surface area contributed by atoms with E-state index < -0.39 is 0 Å². The summed E-state index contributed by atoms with van der Waals surface area (Å²) in [5.74, 6) is 0. The van der Waals surface area contributed by atoms with Crippen molar-refractivity contribution in [3.63, 3.8) is 0 Å². The largest absolute Gasteiger partial charge is 0.391 e. The number of hydrogen-bond acceptors (Lipinski definition) is 4. The fourth-order valence-corrected chi connectivity index (χ4v) is 3.06. The molecule has 16 heavy (non-hydrogen) atoms. The smallest absolute Gasteiger partial charge is 0.160 e. The lowest BCUT2D eigenvalue weighted by molar-refractivity contribution is 0.106. The molecule has 1 aliphatic carbocycles. The predicted molar refractivity (Wildman–Crippen MR) is 66.4 cm³/mol. The number of nitrogens with zero attached hydrogens (tertiary/aromatic N) is 1. The molecule has 1 aromatic heterocycles. The van der Waals surface area contributed by atoms with Gasteiger partial charge in [-0.05, 0) is 18.9 Å². The van der Waals surface area contributed by atoms with Gasteiger partial charge in [0.2, 0.25) is 0 Å². The molecule has 0 bridgehead atoms. The van der Waals surface area contributed by atoms with Crippen molar-refractivity contribution in [2.45, 2.75) is 37.8 Å². The first kappa shape index (κ1) is 11.6. The van der Waals surface area contributed by atoms with E-state index in [4.69, 9.17) is 0 Å². The molecule has 2 unspecified atom stereocenters. The van der Waals surface area contributed by atoms with Crippen LogP contribution in [0.3, 0.4) is 0 Å². The van der Waals surface area contributed by atoms with Crippen LogP contribution in [0.1, 0.15) is 35.4 Å². The lowest BCUT2D eigenvalue weighted by Crippen LogP contribution is -2.43. The number of carbonyl (C=O) groups is 1. The van der Waals surface area contributed by atoms with E-state index in [-0.39, 0.29) is 12.1 Å². The second kappa shape index (κ2) is 4.97. The molecule has 88 valence electrons. The van der Waals surface area contributed by atoms with E-state index in [0.717, 1.165) is 36.1 Å². The van der Waals surface area contributed by atoms with Crippen molar-refractivity contribution in [1.29, 1.82) is 0 Å². The van der Waals surface area contributed by atoms with E-state index in [1.807, 2.05) is 18.5 Å². The summed E-state index contributed by atoms with van der Waals surface area (Å²) in [4.78, 5) is 13.5. The maximum absolute atomic E-state index is 10.6. The summed E-state index contributed by atoms with van der Waals surface area (Å²) in [5.41, 5.74) is 1.04. The van der Waals surface area contributed by atoms with Crippen LogP contribution in [0.2, 0.25) is 0 Å². The molecule has 0 saturated heterocycles. The second-order valence-electron chi connectivity index (χ2n) is 4.36. The number of likely N-dealkylation sites (N-methyl/N-ethyl adjacent to an activating group) is 1. The maximum Gasteiger partial charge on any atom is 0.160 e. The van der Waals surface area contributed by atoms with Crippen LogP contribution in [0.15, 0.2) is 11.4 Å². The van der Waals surface area contributed by atoms with Crippen molar-refractivity contribution >= 4 is 23.3 Å². The van der Waals surface area contributed by atoms with Gasteiger partial charge in [-0.15, -0.1) is 11.3 Å². The Morgan fingerprint density at radius 2 is 2.25 bits per heavy atom. The van der Waals surface area contributed by atoms with E-state index in [1.54, 1.807) is 0 Å². The number of rotatable bonds is 3. The van der Waals surface area contributed by atoms with E-state index in [1.165, 1.54) is 17.8 Å². The van der Waals surface area contributed by atoms with Crippen molar-refractivity contribution in [2.24, 2.45) is 0 Å². The number of anilines is 1. The Morgan fingerprint density at radius 3 is 2.88 bits per heavy atom. The summed E-state index contributed by atoms with van der Waals surface area (Å²) >= 11 is 1.45. The molecule has 3 nitrogen and oxygen atoms in total. The Hall–Kier alpha value is -0.870. The van der Waals surface area contributed by atoms with Crippen molar-refractivity contribution < 1.29 is 9.90 Å². The van der Waals surface area contributed by atoms with E-state index in [0.29, 0.717) is 0 Å². The number of aliphatic hydroxyl groups is 1.